The molecule has 0 radical (unpaired) electrons. The second-order valence-corrected chi connectivity index (χ2v) is 2.93. The van der Waals surface area contributed by atoms with Crippen LogP contribution in [0.25, 0.3) is 11.0 Å². The number of hydrogen-bond donors (Lipinski definition) is 0. The molecule has 15 heavy (non-hydrogen) atoms. The van der Waals surface area contributed by atoms with Crippen molar-refractivity contribution < 1.29 is 17.6 Å². The normalized spacial score (nSPS) is 12.3. The first-order valence-corrected chi connectivity index (χ1v) is 4.01. The van der Waals surface area contributed by atoms with E-state index in [1.54, 1.807) is 0 Å². The van der Waals surface area contributed by atoms with Crippen LogP contribution in [0.2, 0.25) is 0 Å². The summed E-state index contributed by atoms with van der Waals surface area (Å²) >= 11 is 0. The number of aromatic nitrogens is 3. The molecule has 3 nitrogen and oxygen atoms in total. The molecule has 0 unspecified atom stereocenters. The van der Waals surface area contributed by atoms with Crippen LogP contribution in [0.5, 0.6) is 0 Å². The Morgan fingerprint density at radius 2 is 2.07 bits per heavy atom. The van der Waals surface area contributed by atoms with Crippen LogP contribution in [-0.4, -0.2) is 20.9 Å². The van der Waals surface area contributed by atoms with Crippen LogP contribution in [-0.2, 0) is 6.54 Å². The fourth-order valence-corrected chi connectivity index (χ4v) is 1.26. The highest BCUT2D eigenvalue weighted by Crippen LogP contribution is 2.21. The summed E-state index contributed by atoms with van der Waals surface area (Å²) in [6, 6.07) is 2.76. The molecule has 2 aromatic rings. The van der Waals surface area contributed by atoms with Crippen molar-refractivity contribution in [1.82, 2.24) is 14.8 Å². The molecule has 0 bridgehead atoms. The number of hydrogen-bond acceptors (Lipinski definition) is 2. The van der Waals surface area contributed by atoms with Crippen molar-refractivity contribution in [3.8, 4) is 0 Å². The quantitative estimate of drug-likeness (QED) is 0.688. The molecular formula is C8H5F4N3. The van der Waals surface area contributed by atoms with E-state index in [-0.39, 0.29) is 11.0 Å². The lowest BCUT2D eigenvalue weighted by atomic mass is 10.4. The van der Waals surface area contributed by atoms with E-state index in [2.05, 4.69) is 10.1 Å². The Balaban J connectivity index is 2.53. The predicted molar refractivity (Wildman–Crippen MR) is 43.5 cm³/mol. The van der Waals surface area contributed by atoms with Crippen molar-refractivity contribution in [2.45, 2.75) is 12.7 Å². The minimum absolute atomic E-state index is 0.0346. The molecule has 2 heterocycles. The fraction of sp³-hybridized carbons (Fsp3) is 0.250. The molecule has 0 spiro atoms. The highest BCUT2D eigenvalue weighted by Gasteiger charge is 2.30. The Bertz CT molecular complexity index is 488. The van der Waals surface area contributed by atoms with E-state index in [4.69, 9.17) is 0 Å². The SMILES string of the molecule is Fc1nn(CC(F)(F)F)c2cccnc12. The third kappa shape index (κ3) is 1.90. The van der Waals surface area contributed by atoms with Crippen LogP contribution in [0.3, 0.4) is 0 Å². The molecule has 0 saturated carbocycles. The average molecular weight is 219 g/mol. The highest BCUT2D eigenvalue weighted by molar-refractivity contribution is 5.74. The summed E-state index contributed by atoms with van der Waals surface area (Å²) in [5.74, 6) is -0.991. The maximum Gasteiger partial charge on any atom is 0.408 e. The Hall–Kier alpha value is -1.66. The third-order valence-corrected chi connectivity index (χ3v) is 1.80. The first kappa shape index (κ1) is 9.88. The molecular weight excluding hydrogens is 214 g/mol. The molecule has 0 aromatic carbocycles. The van der Waals surface area contributed by atoms with Gasteiger partial charge in [0.1, 0.15) is 12.1 Å². The number of halogens is 4. The van der Waals surface area contributed by atoms with Gasteiger partial charge in [-0.1, -0.05) is 0 Å². The number of nitrogens with zero attached hydrogens (tertiary/aromatic N) is 3. The number of rotatable bonds is 1. The maximum atomic E-state index is 13.0. The van der Waals surface area contributed by atoms with Gasteiger partial charge in [0.15, 0.2) is 0 Å². The van der Waals surface area contributed by atoms with Crippen LogP contribution >= 0.6 is 0 Å². The van der Waals surface area contributed by atoms with Gasteiger partial charge in [0, 0.05) is 6.20 Å². The molecule has 0 aliphatic carbocycles. The van der Waals surface area contributed by atoms with E-state index in [0.717, 1.165) is 0 Å². The van der Waals surface area contributed by atoms with Crippen molar-refractivity contribution in [1.29, 1.82) is 0 Å². The topological polar surface area (TPSA) is 30.7 Å². The minimum Gasteiger partial charge on any atom is -0.251 e. The summed E-state index contributed by atoms with van der Waals surface area (Å²) in [5, 5.41) is 3.14. The summed E-state index contributed by atoms with van der Waals surface area (Å²) in [6.07, 6.45) is -3.13. The molecule has 0 saturated heterocycles. The van der Waals surface area contributed by atoms with Gasteiger partial charge >= 0.3 is 6.18 Å². The lowest BCUT2D eigenvalue weighted by molar-refractivity contribution is -0.142. The van der Waals surface area contributed by atoms with Crippen molar-refractivity contribution in [3.05, 3.63) is 24.3 Å². The van der Waals surface area contributed by atoms with E-state index < -0.39 is 18.7 Å². The monoisotopic (exact) mass is 219 g/mol. The second kappa shape index (κ2) is 3.18. The van der Waals surface area contributed by atoms with E-state index >= 15 is 0 Å². The summed E-state index contributed by atoms with van der Waals surface area (Å²) in [4.78, 5) is 3.61. The summed E-state index contributed by atoms with van der Waals surface area (Å²) < 4.78 is 49.8. The van der Waals surface area contributed by atoms with Crippen molar-refractivity contribution in [2.24, 2.45) is 0 Å². The van der Waals surface area contributed by atoms with E-state index in [1.807, 2.05) is 0 Å². The molecule has 7 heteroatoms. The van der Waals surface area contributed by atoms with Crippen molar-refractivity contribution in [3.63, 3.8) is 0 Å². The van der Waals surface area contributed by atoms with Gasteiger partial charge in [0.05, 0.1) is 5.52 Å². The van der Waals surface area contributed by atoms with Crippen molar-refractivity contribution in [2.75, 3.05) is 0 Å². The van der Waals surface area contributed by atoms with Crippen LogP contribution in [0, 0.1) is 5.95 Å². The number of pyridine rings is 1. The van der Waals surface area contributed by atoms with Gasteiger partial charge < -0.3 is 0 Å². The lowest BCUT2D eigenvalue weighted by Gasteiger charge is -2.06. The van der Waals surface area contributed by atoms with Gasteiger partial charge in [-0.15, -0.1) is 5.10 Å². The Morgan fingerprint density at radius 1 is 1.33 bits per heavy atom. The van der Waals surface area contributed by atoms with E-state index in [1.165, 1.54) is 18.3 Å². The van der Waals surface area contributed by atoms with Gasteiger partial charge in [0.2, 0.25) is 0 Å². The highest BCUT2D eigenvalue weighted by atomic mass is 19.4. The van der Waals surface area contributed by atoms with Crippen LogP contribution in [0.1, 0.15) is 0 Å². The molecule has 0 aliphatic heterocycles. The Kier molecular flexibility index (Phi) is 2.09. The minimum atomic E-state index is -4.43. The van der Waals surface area contributed by atoms with E-state index in [9.17, 15) is 17.6 Å². The van der Waals surface area contributed by atoms with Gasteiger partial charge in [0.25, 0.3) is 5.95 Å². The second-order valence-electron chi connectivity index (χ2n) is 2.93. The zero-order chi connectivity index (χ0) is 11.1. The molecule has 0 atom stereocenters. The molecule has 0 N–H and O–H groups in total. The first-order chi connectivity index (χ1) is 6.97. The zero-order valence-corrected chi connectivity index (χ0v) is 7.29. The maximum absolute atomic E-state index is 13.0. The smallest absolute Gasteiger partial charge is 0.251 e. The van der Waals surface area contributed by atoms with Gasteiger partial charge in [-0.2, -0.15) is 17.6 Å². The Morgan fingerprint density at radius 3 is 2.73 bits per heavy atom. The fourth-order valence-electron chi connectivity index (χ4n) is 1.26. The number of fused-ring (bicyclic) bond motifs is 1. The molecule has 80 valence electrons. The van der Waals surface area contributed by atoms with Gasteiger partial charge in [-0.3, -0.25) is 4.68 Å². The molecule has 0 amide bonds. The Labute approximate surface area is 81.3 Å². The standard InChI is InChI=1S/C8H5F4N3/c9-7-6-5(2-1-3-13-6)15(14-7)4-8(10,11)12/h1-3H,4H2. The number of alkyl halides is 3. The van der Waals surface area contributed by atoms with Crippen LogP contribution < -0.4 is 0 Å². The third-order valence-electron chi connectivity index (χ3n) is 1.80. The average Bonchev–Trinajstić information content (AvgIpc) is 2.42. The molecule has 2 rings (SSSR count). The van der Waals surface area contributed by atoms with Crippen molar-refractivity contribution >= 4 is 11.0 Å². The zero-order valence-electron chi connectivity index (χ0n) is 7.29. The summed E-state index contributed by atoms with van der Waals surface area (Å²) in [5.41, 5.74) is -0.117. The van der Waals surface area contributed by atoms with Crippen LogP contribution in [0.4, 0.5) is 17.6 Å². The first-order valence-electron chi connectivity index (χ1n) is 4.01. The van der Waals surface area contributed by atoms with Gasteiger partial charge in [-0.05, 0) is 12.1 Å². The molecule has 2 aromatic heterocycles. The van der Waals surface area contributed by atoms with Crippen LogP contribution in [0.15, 0.2) is 18.3 Å². The summed E-state index contributed by atoms with van der Waals surface area (Å²) in [6.45, 7) is -1.32. The molecule has 0 aliphatic rings. The predicted octanol–water partition coefficient (Wildman–Crippen LogP) is 2.13. The largest absolute Gasteiger partial charge is 0.408 e. The van der Waals surface area contributed by atoms with E-state index in [0.29, 0.717) is 4.68 Å². The molecule has 0 fully saturated rings. The summed E-state index contributed by atoms with van der Waals surface area (Å²) in [7, 11) is 0. The lowest BCUT2D eigenvalue weighted by Crippen LogP contribution is -2.18. The van der Waals surface area contributed by atoms with Gasteiger partial charge in [-0.25, -0.2) is 4.98 Å².